The Balaban J connectivity index is 1.81. The number of aliphatic hydroxyl groups is 1. The Labute approximate surface area is 190 Å². The van der Waals surface area contributed by atoms with Crippen LogP contribution in [-0.4, -0.2) is 62.3 Å². The van der Waals surface area contributed by atoms with Crippen molar-refractivity contribution >= 4 is 23.6 Å². The van der Waals surface area contributed by atoms with Crippen molar-refractivity contribution in [3.8, 4) is 0 Å². The van der Waals surface area contributed by atoms with Gasteiger partial charge >= 0.3 is 6.09 Å². The first-order chi connectivity index (χ1) is 14.5. The maximum atomic E-state index is 13.7. The number of amides is 2. The third-order valence-corrected chi connectivity index (χ3v) is 6.99. The van der Waals surface area contributed by atoms with Gasteiger partial charge in [-0.3, -0.25) is 4.79 Å². The van der Waals surface area contributed by atoms with Gasteiger partial charge in [0.1, 0.15) is 0 Å². The maximum Gasteiger partial charge on any atom is 0.407 e. The molecule has 0 bridgehead atoms. The van der Waals surface area contributed by atoms with Crippen molar-refractivity contribution < 1.29 is 19.8 Å². The Morgan fingerprint density at radius 2 is 1.77 bits per heavy atom. The van der Waals surface area contributed by atoms with Crippen LogP contribution < -0.4 is 0 Å². The topological polar surface area (TPSA) is 81.1 Å². The molecule has 3 rings (SSSR count). The first-order valence-electron chi connectivity index (χ1n) is 11.3. The first kappa shape index (κ1) is 23.9. The summed E-state index contributed by atoms with van der Waals surface area (Å²) in [6.07, 6.45) is 4.34. The third kappa shape index (κ3) is 5.35. The van der Waals surface area contributed by atoms with Crippen LogP contribution in [0.15, 0.2) is 24.3 Å². The largest absolute Gasteiger partial charge is 0.465 e. The van der Waals surface area contributed by atoms with E-state index < -0.39 is 23.2 Å². The number of hydrogen-bond acceptors (Lipinski definition) is 3. The normalized spacial score (nSPS) is 20.9. The van der Waals surface area contributed by atoms with E-state index in [0.29, 0.717) is 43.8 Å². The van der Waals surface area contributed by atoms with Gasteiger partial charge in [-0.2, -0.15) is 0 Å². The zero-order valence-electron chi connectivity index (χ0n) is 18.8. The van der Waals surface area contributed by atoms with E-state index in [4.69, 9.17) is 11.6 Å². The van der Waals surface area contributed by atoms with Gasteiger partial charge in [-0.15, -0.1) is 0 Å². The number of halogens is 1. The molecule has 0 radical (unpaired) electrons. The van der Waals surface area contributed by atoms with Crippen LogP contribution in [0.3, 0.4) is 0 Å². The number of likely N-dealkylation sites (tertiary alicyclic amines) is 1. The number of rotatable bonds is 4. The Kier molecular flexibility index (Phi) is 7.21. The molecule has 0 spiro atoms. The number of carboxylic acid groups (broad SMARTS) is 1. The van der Waals surface area contributed by atoms with Crippen LogP contribution in [0.2, 0.25) is 5.02 Å². The van der Waals surface area contributed by atoms with Gasteiger partial charge in [0.2, 0.25) is 5.91 Å². The van der Waals surface area contributed by atoms with Crippen LogP contribution in [0.1, 0.15) is 77.2 Å². The maximum absolute atomic E-state index is 13.7. The van der Waals surface area contributed by atoms with Crippen LogP contribution in [0.5, 0.6) is 0 Å². The van der Waals surface area contributed by atoms with Gasteiger partial charge in [-0.1, -0.05) is 43.0 Å². The van der Waals surface area contributed by atoms with E-state index >= 15 is 0 Å². The molecule has 172 valence electrons. The smallest absolute Gasteiger partial charge is 0.407 e. The van der Waals surface area contributed by atoms with Gasteiger partial charge in [-0.05, 0) is 64.2 Å². The second-order valence-corrected chi connectivity index (χ2v) is 10.5. The van der Waals surface area contributed by atoms with E-state index in [-0.39, 0.29) is 11.9 Å². The summed E-state index contributed by atoms with van der Waals surface area (Å²) >= 11 is 6.22. The highest BCUT2D eigenvalue weighted by atomic mass is 35.5. The SMILES string of the molecule is CC(C)(C)N(C(=O)O)C1CCN(C(=O)C(c2cccc(Cl)c2)C2(O)CCCCC2)CC1. The standard InChI is InChI=1S/C24H35ClN2O4/c1-23(2,3)27(22(29)30)19-10-14-26(15-11-19)21(28)20(17-8-7-9-18(25)16-17)24(31)12-5-4-6-13-24/h7-9,16,19-20,31H,4-6,10-15H2,1-3H3,(H,29,30). The highest BCUT2D eigenvalue weighted by molar-refractivity contribution is 6.30. The number of carbonyl (C=O) groups excluding carboxylic acids is 1. The molecule has 2 N–H and O–H groups in total. The molecule has 1 aliphatic carbocycles. The molecule has 2 aliphatic rings. The second-order valence-electron chi connectivity index (χ2n) is 10.0. The average molecular weight is 451 g/mol. The highest BCUT2D eigenvalue weighted by Crippen LogP contribution is 2.42. The summed E-state index contributed by atoms with van der Waals surface area (Å²) in [5.74, 6) is -0.732. The number of hydrogen-bond donors (Lipinski definition) is 2. The molecule has 1 saturated heterocycles. The lowest BCUT2D eigenvalue weighted by atomic mass is 9.72. The lowest BCUT2D eigenvalue weighted by Crippen LogP contribution is -2.56. The number of carbonyl (C=O) groups is 2. The molecule has 1 saturated carbocycles. The van der Waals surface area contributed by atoms with Gasteiger partial charge in [0.25, 0.3) is 0 Å². The zero-order chi connectivity index (χ0) is 22.8. The third-order valence-electron chi connectivity index (χ3n) is 6.76. The fraction of sp³-hybridized carbons (Fsp3) is 0.667. The van der Waals surface area contributed by atoms with Crippen LogP contribution in [0.4, 0.5) is 4.79 Å². The summed E-state index contributed by atoms with van der Waals surface area (Å²) in [5.41, 5.74) is -0.815. The highest BCUT2D eigenvalue weighted by Gasteiger charge is 2.46. The quantitative estimate of drug-likeness (QED) is 0.684. The van der Waals surface area contributed by atoms with E-state index in [0.717, 1.165) is 24.8 Å². The van der Waals surface area contributed by atoms with Gasteiger partial charge in [0.05, 0.1) is 11.5 Å². The molecular weight excluding hydrogens is 416 g/mol. The molecule has 1 heterocycles. The number of nitrogens with zero attached hydrogens (tertiary/aromatic N) is 2. The van der Waals surface area contributed by atoms with Gasteiger partial charge in [-0.25, -0.2) is 4.79 Å². The average Bonchev–Trinajstić information content (AvgIpc) is 2.67. The molecule has 1 atom stereocenters. The Morgan fingerprint density at radius 3 is 2.29 bits per heavy atom. The first-order valence-corrected chi connectivity index (χ1v) is 11.7. The summed E-state index contributed by atoms with van der Waals surface area (Å²) in [7, 11) is 0. The summed E-state index contributed by atoms with van der Waals surface area (Å²) in [4.78, 5) is 28.9. The molecular formula is C24H35ClN2O4. The van der Waals surface area contributed by atoms with Gasteiger partial charge < -0.3 is 20.0 Å². The minimum Gasteiger partial charge on any atom is -0.465 e. The van der Waals surface area contributed by atoms with Crippen molar-refractivity contribution in [1.29, 1.82) is 0 Å². The Hall–Kier alpha value is -1.79. The second kappa shape index (κ2) is 9.37. The monoisotopic (exact) mass is 450 g/mol. The van der Waals surface area contributed by atoms with Crippen molar-refractivity contribution in [2.24, 2.45) is 0 Å². The molecule has 1 aromatic carbocycles. The van der Waals surface area contributed by atoms with Gasteiger partial charge in [0.15, 0.2) is 0 Å². The minimum atomic E-state index is -1.07. The molecule has 1 aliphatic heterocycles. The van der Waals surface area contributed by atoms with Crippen molar-refractivity contribution in [1.82, 2.24) is 9.80 Å². The number of piperidine rings is 1. The van der Waals surface area contributed by atoms with E-state index in [2.05, 4.69) is 0 Å². The van der Waals surface area contributed by atoms with Crippen LogP contribution >= 0.6 is 11.6 Å². The molecule has 1 aromatic rings. The summed E-state index contributed by atoms with van der Waals surface area (Å²) < 4.78 is 0. The summed E-state index contributed by atoms with van der Waals surface area (Å²) in [5, 5.41) is 21.8. The van der Waals surface area contributed by atoms with E-state index in [1.807, 2.05) is 32.9 Å². The number of benzene rings is 1. The summed E-state index contributed by atoms with van der Waals surface area (Å²) in [6, 6.07) is 7.14. The van der Waals surface area contributed by atoms with E-state index in [1.165, 1.54) is 4.90 Å². The van der Waals surface area contributed by atoms with Crippen molar-refractivity contribution in [3.05, 3.63) is 34.9 Å². The minimum absolute atomic E-state index is 0.0808. The molecule has 31 heavy (non-hydrogen) atoms. The predicted octanol–water partition coefficient (Wildman–Crippen LogP) is 4.89. The fourth-order valence-electron chi connectivity index (χ4n) is 5.34. The summed E-state index contributed by atoms with van der Waals surface area (Å²) in [6.45, 7) is 6.65. The van der Waals surface area contributed by atoms with Gasteiger partial charge in [0, 0.05) is 29.7 Å². The van der Waals surface area contributed by atoms with Crippen LogP contribution in [0, 0.1) is 0 Å². The van der Waals surface area contributed by atoms with Crippen molar-refractivity contribution in [2.45, 2.75) is 88.8 Å². The van der Waals surface area contributed by atoms with Crippen molar-refractivity contribution in [2.75, 3.05) is 13.1 Å². The van der Waals surface area contributed by atoms with Crippen LogP contribution in [0.25, 0.3) is 0 Å². The predicted molar refractivity (Wildman–Crippen MR) is 121 cm³/mol. The molecule has 2 fully saturated rings. The molecule has 1 unspecified atom stereocenters. The zero-order valence-corrected chi connectivity index (χ0v) is 19.6. The molecule has 7 heteroatoms. The lowest BCUT2D eigenvalue weighted by molar-refractivity contribution is -0.143. The van der Waals surface area contributed by atoms with Crippen LogP contribution in [-0.2, 0) is 4.79 Å². The van der Waals surface area contributed by atoms with Crippen molar-refractivity contribution in [3.63, 3.8) is 0 Å². The molecule has 0 aromatic heterocycles. The molecule has 2 amide bonds. The lowest BCUT2D eigenvalue weighted by Gasteiger charge is -2.45. The Morgan fingerprint density at radius 1 is 1.16 bits per heavy atom. The van der Waals surface area contributed by atoms with E-state index in [9.17, 15) is 19.8 Å². The molecule has 6 nitrogen and oxygen atoms in total. The Bertz CT molecular complexity index is 793. The fourth-order valence-corrected chi connectivity index (χ4v) is 5.54. The van der Waals surface area contributed by atoms with E-state index in [1.54, 1.807) is 17.0 Å².